The van der Waals surface area contributed by atoms with Crippen LogP contribution in [0.4, 0.5) is 10.5 Å². The van der Waals surface area contributed by atoms with E-state index in [1.54, 1.807) is 24.3 Å². The highest BCUT2D eigenvalue weighted by Crippen LogP contribution is 2.31. The Bertz CT molecular complexity index is 422. The normalized spacial score (nSPS) is 22.2. The Morgan fingerprint density at radius 1 is 1.32 bits per heavy atom. The SMILES string of the molecule is NCC1CCCC1COC(=O)Nc1ccc(Cl)cc1. The zero-order chi connectivity index (χ0) is 13.7. The van der Waals surface area contributed by atoms with Crippen molar-refractivity contribution in [2.45, 2.75) is 19.3 Å². The lowest BCUT2D eigenvalue weighted by atomic mass is 9.97. The maximum absolute atomic E-state index is 11.7. The van der Waals surface area contributed by atoms with E-state index in [1.807, 2.05) is 0 Å². The summed E-state index contributed by atoms with van der Waals surface area (Å²) >= 11 is 5.77. The average molecular weight is 283 g/mol. The monoisotopic (exact) mass is 282 g/mol. The molecular formula is C14H19ClN2O2. The Kier molecular flexibility index (Phi) is 5.05. The summed E-state index contributed by atoms with van der Waals surface area (Å²) in [5, 5.41) is 3.31. The van der Waals surface area contributed by atoms with Crippen LogP contribution in [0.15, 0.2) is 24.3 Å². The van der Waals surface area contributed by atoms with Gasteiger partial charge in [-0.1, -0.05) is 18.0 Å². The van der Waals surface area contributed by atoms with E-state index in [2.05, 4.69) is 5.32 Å². The molecule has 0 aliphatic heterocycles. The van der Waals surface area contributed by atoms with Crippen molar-refractivity contribution in [1.82, 2.24) is 0 Å². The van der Waals surface area contributed by atoms with E-state index < -0.39 is 6.09 Å². The van der Waals surface area contributed by atoms with Crippen molar-refractivity contribution in [3.05, 3.63) is 29.3 Å². The van der Waals surface area contributed by atoms with Gasteiger partial charge < -0.3 is 10.5 Å². The molecule has 0 saturated heterocycles. The molecule has 3 N–H and O–H groups in total. The molecule has 1 aliphatic carbocycles. The lowest BCUT2D eigenvalue weighted by Crippen LogP contribution is -2.25. The van der Waals surface area contributed by atoms with E-state index in [4.69, 9.17) is 22.1 Å². The summed E-state index contributed by atoms with van der Waals surface area (Å²) in [6, 6.07) is 6.92. The van der Waals surface area contributed by atoms with Gasteiger partial charge in [0.25, 0.3) is 0 Å². The van der Waals surface area contributed by atoms with Crippen LogP contribution >= 0.6 is 11.6 Å². The number of rotatable bonds is 4. The summed E-state index contributed by atoms with van der Waals surface area (Å²) in [6.07, 6.45) is 2.98. The van der Waals surface area contributed by atoms with Crippen LogP contribution in [0.3, 0.4) is 0 Å². The van der Waals surface area contributed by atoms with Crippen LogP contribution in [0.5, 0.6) is 0 Å². The third kappa shape index (κ3) is 4.11. The third-order valence-electron chi connectivity index (χ3n) is 3.64. The summed E-state index contributed by atoms with van der Waals surface area (Å²) in [5.74, 6) is 0.893. The summed E-state index contributed by atoms with van der Waals surface area (Å²) < 4.78 is 5.25. The molecule has 104 valence electrons. The van der Waals surface area contributed by atoms with Crippen molar-refractivity contribution in [1.29, 1.82) is 0 Å². The zero-order valence-electron chi connectivity index (χ0n) is 10.8. The van der Waals surface area contributed by atoms with Crippen LogP contribution in [-0.2, 0) is 4.74 Å². The van der Waals surface area contributed by atoms with Gasteiger partial charge in [-0.05, 0) is 55.5 Å². The minimum Gasteiger partial charge on any atom is -0.449 e. The van der Waals surface area contributed by atoms with E-state index >= 15 is 0 Å². The fourth-order valence-corrected chi connectivity index (χ4v) is 2.64. The molecule has 0 bridgehead atoms. The number of ether oxygens (including phenoxy) is 1. The molecule has 1 aliphatic rings. The topological polar surface area (TPSA) is 64.3 Å². The molecule has 1 aromatic carbocycles. The van der Waals surface area contributed by atoms with Crippen LogP contribution in [0.25, 0.3) is 0 Å². The molecule has 1 aromatic rings. The highest BCUT2D eigenvalue weighted by atomic mass is 35.5. The van der Waals surface area contributed by atoms with Crippen LogP contribution in [0.1, 0.15) is 19.3 Å². The first-order chi connectivity index (χ1) is 9.19. The molecule has 2 rings (SSSR count). The maximum atomic E-state index is 11.7. The minimum atomic E-state index is -0.426. The number of hydrogen-bond donors (Lipinski definition) is 2. The molecular weight excluding hydrogens is 264 g/mol. The Morgan fingerprint density at radius 3 is 2.68 bits per heavy atom. The van der Waals surface area contributed by atoms with Crippen molar-refractivity contribution < 1.29 is 9.53 Å². The second-order valence-corrected chi connectivity index (χ2v) is 5.35. The molecule has 1 saturated carbocycles. The average Bonchev–Trinajstić information content (AvgIpc) is 2.86. The molecule has 0 radical (unpaired) electrons. The first-order valence-electron chi connectivity index (χ1n) is 6.58. The number of carbonyl (C=O) groups excluding carboxylic acids is 1. The van der Waals surface area contributed by atoms with Crippen molar-refractivity contribution >= 4 is 23.4 Å². The van der Waals surface area contributed by atoms with Gasteiger partial charge in [-0.15, -0.1) is 0 Å². The second kappa shape index (κ2) is 6.78. The fourth-order valence-electron chi connectivity index (χ4n) is 2.51. The summed E-state index contributed by atoms with van der Waals surface area (Å²) in [6.45, 7) is 1.12. The number of nitrogens with one attached hydrogen (secondary N) is 1. The molecule has 0 aromatic heterocycles. The molecule has 0 spiro atoms. The molecule has 0 heterocycles. The number of halogens is 1. The van der Waals surface area contributed by atoms with Crippen LogP contribution in [0, 0.1) is 11.8 Å². The smallest absolute Gasteiger partial charge is 0.411 e. The summed E-state index contributed by atoms with van der Waals surface area (Å²) in [7, 11) is 0. The van der Waals surface area contributed by atoms with Gasteiger partial charge in [-0.25, -0.2) is 4.79 Å². The number of amides is 1. The molecule has 4 nitrogen and oxygen atoms in total. The first kappa shape index (κ1) is 14.2. The van der Waals surface area contributed by atoms with Crippen molar-refractivity contribution in [3.8, 4) is 0 Å². The van der Waals surface area contributed by atoms with E-state index in [0.717, 1.165) is 12.8 Å². The number of anilines is 1. The summed E-state index contributed by atoms with van der Waals surface area (Å²) in [5.41, 5.74) is 6.38. The standard InChI is InChI=1S/C14H19ClN2O2/c15-12-4-6-13(7-5-12)17-14(18)19-9-11-3-1-2-10(11)8-16/h4-7,10-11H,1-3,8-9,16H2,(H,17,18). The predicted octanol–water partition coefficient (Wildman–Crippen LogP) is 3.26. The molecule has 1 amide bonds. The van der Waals surface area contributed by atoms with Gasteiger partial charge in [0.1, 0.15) is 0 Å². The van der Waals surface area contributed by atoms with Crippen LogP contribution in [-0.4, -0.2) is 19.2 Å². The number of nitrogens with two attached hydrogens (primary N) is 1. The van der Waals surface area contributed by atoms with E-state index in [0.29, 0.717) is 35.7 Å². The lowest BCUT2D eigenvalue weighted by Gasteiger charge is -2.17. The van der Waals surface area contributed by atoms with Gasteiger partial charge >= 0.3 is 6.09 Å². The van der Waals surface area contributed by atoms with Gasteiger partial charge in [0.2, 0.25) is 0 Å². The zero-order valence-corrected chi connectivity index (χ0v) is 11.5. The van der Waals surface area contributed by atoms with Crippen molar-refractivity contribution in [2.24, 2.45) is 17.6 Å². The van der Waals surface area contributed by atoms with Gasteiger partial charge in [0, 0.05) is 10.7 Å². The number of carbonyl (C=O) groups is 1. The van der Waals surface area contributed by atoms with E-state index in [9.17, 15) is 4.79 Å². The summed E-state index contributed by atoms with van der Waals surface area (Å²) in [4.78, 5) is 11.7. The van der Waals surface area contributed by atoms with Crippen molar-refractivity contribution in [2.75, 3.05) is 18.5 Å². The van der Waals surface area contributed by atoms with Gasteiger partial charge in [-0.3, -0.25) is 5.32 Å². The third-order valence-corrected chi connectivity index (χ3v) is 3.89. The molecule has 5 heteroatoms. The van der Waals surface area contributed by atoms with Crippen LogP contribution in [0.2, 0.25) is 5.02 Å². The van der Waals surface area contributed by atoms with Gasteiger partial charge in [0.05, 0.1) is 6.61 Å². The highest BCUT2D eigenvalue weighted by Gasteiger charge is 2.27. The first-order valence-corrected chi connectivity index (χ1v) is 6.96. The Hall–Kier alpha value is -1.26. The van der Waals surface area contributed by atoms with Crippen molar-refractivity contribution in [3.63, 3.8) is 0 Å². The lowest BCUT2D eigenvalue weighted by molar-refractivity contribution is 0.130. The highest BCUT2D eigenvalue weighted by molar-refractivity contribution is 6.30. The maximum Gasteiger partial charge on any atom is 0.411 e. The molecule has 1 fully saturated rings. The number of hydrogen-bond acceptors (Lipinski definition) is 3. The Labute approximate surface area is 118 Å². The van der Waals surface area contributed by atoms with Gasteiger partial charge in [-0.2, -0.15) is 0 Å². The van der Waals surface area contributed by atoms with E-state index in [1.165, 1.54) is 6.42 Å². The fraction of sp³-hybridized carbons (Fsp3) is 0.500. The Morgan fingerprint density at radius 2 is 2.00 bits per heavy atom. The molecule has 2 unspecified atom stereocenters. The molecule has 19 heavy (non-hydrogen) atoms. The number of benzene rings is 1. The minimum absolute atomic E-state index is 0.404. The van der Waals surface area contributed by atoms with Gasteiger partial charge in [0.15, 0.2) is 0 Å². The predicted molar refractivity (Wildman–Crippen MR) is 76.3 cm³/mol. The molecule has 2 atom stereocenters. The van der Waals surface area contributed by atoms with Crippen LogP contribution < -0.4 is 11.1 Å². The largest absolute Gasteiger partial charge is 0.449 e. The quantitative estimate of drug-likeness (QED) is 0.891. The Balaban J connectivity index is 1.77. The second-order valence-electron chi connectivity index (χ2n) is 4.92. The van der Waals surface area contributed by atoms with E-state index in [-0.39, 0.29) is 0 Å².